The number of methoxy groups -OCH3 is 2. The largest absolute Gasteiger partial charge is 0.489 e. The predicted molar refractivity (Wildman–Crippen MR) is 113 cm³/mol. The number of piperidine rings is 1. The molecule has 0 atom stereocenters. The van der Waals surface area contributed by atoms with Crippen LogP contribution in [0.3, 0.4) is 0 Å². The van der Waals surface area contributed by atoms with Gasteiger partial charge in [-0.25, -0.2) is 4.39 Å². The van der Waals surface area contributed by atoms with Crippen LogP contribution in [0.2, 0.25) is 0 Å². The normalized spacial score (nSPS) is 17.1. The van der Waals surface area contributed by atoms with Gasteiger partial charge >= 0.3 is 0 Å². The number of fused-ring (bicyclic) bond motifs is 1. The Kier molecular flexibility index (Phi) is 5.88. The number of nitrogens with zero attached hydrogens (tertiary/aromatic N) is 1. The highest BCUT2D eigenvalue weighted by atomic mass is 19.1. The summed E-state index contributed by atoms with van der Waals surface area (Å²) in [7, 11) is 3.34. The molecule has 1 saturated heterocycles. The summed E-state index contributed by atoms with van der Waals surface area (Å²) >= 11 is 0. The molecule has 154 valence electrons. The number of ether oxygens (including phenoxy) is 3. The van der Waals surface area contributed by atoms with Crippen LogP contribution in [0.5, 0.6) is 5.75 Å². The van der Waals surface area contributed by atoms with Crippen LogP contribution in [0, 0.1) is 18.7 Å². The highest BCUT2D eigenvalue weighted by molar-refractivity contribution is 5.84. The Bertz CT molecular complexity index is 899. The molecular formula is C24H28FNO3. The molecule has 2 aliphatic heterocycles. The van der Waals surface area contributed by atoms with Gasteiger partial charge in [-0.3, -0.25) is 0 Å². The summed E-state index contributed by atoms with van der Waals surface area (Å²) in [6, 6.07) is 11.7. The minimum absolute atomic E-state index is 0.183. The second-order valence-electron chi connectivity index (χ2n) is 7.76. The molecule has 0 bridgehead atoms. The van der Waals surface area contributed by atoms with Crippen molar-refractivity contribution in [1.82, 2.24) is 0 Å². The van der Waals surface area contributed by atoms with Crippen LogP contribution in [0.1, 0.15) is 29.5 Å². The third kappa shape index (κ3) is 4.02. The monoisotopic (exact) mass is 397 g/mol. The van der Waals surface area contributed by atoms with Crippen molar-refractivity contribution in [2.24, 2.45) is 5.92 Å². The molecule has 0 aliphatic carbocycles. The Balaban J connectivity index is 1.52. The van der Waals surface area contributed by atoms with Gasteiger partial charge in [-0.15, -0.1) is 0 Å². The third-order valence-corrected chi connectivity index (χ3v) is 5.94. The Labute approximate surface area is 171 Å². The fourth-order valence-electron chi connectivity index (χ4n) is 4.39. The van der Waals surface area contributed by atoms with Gasteiger partial charge in [0.25, 0.3) is 0 Å². The summed E-state index contributed by atoms with van der Waals surface area (Å²) in [5, 5.41) is 0. The molecule has 0 amide bonds. The third-order valence-electron chi connectivity index (χ3n) is 5.94. The standard InChI is InChI=1S/C24H28FNO3/c1-16-4-6-20-19(10-13-29-23(20)14-16)18-5-7-22(21(25)15-18)26-11-8-17(9-12-26)24(27-2)28-3/h4-7,10,14-15,17,24H,8-9,11-13H2,1-3H3. The molecule has 0 spiro atoms. The van der Waals surface area contributed by atoms with Gasteiger partial charge in [0.15, 0.2) is 6.29 Å². The minimum Gasteiger partial charge on any atom is -0.489 e. The molecule has 29 heavy (non-hydrogen) atoms. The molecule has 5 heteroatoms. The maximum atomic E-state index is 15.1. The Morgan fingerprint density at radius 2 is 1.83 bits per heavy atom. The highest BCUT2D eigenvalue weighted by Gasteiger charge is 2.28. The van der Waals surface area contributed by atoms with Crippen LogP contribution in [-0.2, 0) is 9.47 Å². The van der Waals surface area contributed by atoms with Crippen molar-refractivity contribution in [1.29, 1.82) is 0 Å². The van der Waals surface area contributed by atoms with Crippen LogP contribution in [0.4, 0.5) is 10.1 Å². The smallest absolute Gasteiger partial charge is 0.159 e. The molecule has 2 heterocycles. The van der Waals surface area contributed by atoms with E-state index in [0.717, 1.165) is 53.9 Å². The van der Waals surface area contributed by atoms with Crippen LogP contribution in [0.25, 0.3) is 5.57 Å². The van der Waals surface area contributed by atoms with Crippen LogP contribution in [0.15, 0.2) is 42.5 Å². The molecule has 0 unspecified atom stereocenters. The quantitative estimate of drug-likeness (QED) is 0.679. The minimum atomic E-state index is -0.187. The van der Waals surface area contributed by atoms with E-state index in [2.05, 4.69) is 11.0 Å². The molecule has 0 radical (unpaired) electrons. The molecule has 1 fully saturated rings. The molecule has 0 saturated carbocycles. The molecule has 4 rings (SSSR count). The van der Waals surface area contributed by atoms with Crippen molar-refractivity contribution >= 4 is 11.3 Å². The average molecular weight is 397 g/mol. The Morgan fingerprint density at radius 1 is 1.07 bits per heavy atom. The Morgan fingerprint density at radius 3 is 2.52 bits per heavy atom. The van der Waals surface area contributed by atoms with E-state index in [1.165, 1.54) is 0 Å². The summed E-state index contributed by atoms with van der Waals surface area (Å²) in [5.41, 5.74) is 4.74. The number of hydrogen-bond acceptors (Lipinski definition) is 4. The molecule has 2 aromatic carbocycles. The maximum absolute atomic E-state index is 15.1. The zero-order chi connectivity index (χ0) is 20.4. The van der Waals surface area contributed by atoms with Gasteiger partial charge in [-0.05, 0) is 60.7 Å². The SMILES string of the molecule is COC(OC)C1CCN(c2ccc(C3=CCOc4cc(C)ccc43)cc2F)CC1. The molecule has 2 aromatic rings. The van der Waals surface area contributed by atoms with Gasteiger partial charge < -0.3 is 19.1 Å². The van der Waals surface area contributed by atoms with Crippen LogP contribution < -0.4 is 9.64 Å². The van der Waals surface area contributed by atoms with Gasteiger partial charge in [0.2, 0.25) is 0 Å². The number of rotatable bonds is 5. The molecule has 2 aliphatic rings. The fraction of sp³-hybridized carbons (Fsp3) is 0.417. The number of anilines is 1. The van der Waals surface area contributed by atoms with Gasteiger partial charge in [-0.2, -0.15) is 0 Å². The van der Waals surface area contributed by atoms with Crippen LogP contribution >= 0.6 is 0 Å². The van der Waals surface area contributed by atoms with Gasteiger partial charge in [-0.1, -0.05) is 18.2 Å². The van der Waals surface area contributed by atoms with E-state index < -0.39 is 0 Å². The molecule has 4 nitrogen and oxygen atoms in total. The van der Waals surface area contributed by atoms with E-state index in [1.54, 1.807) is 20.3 Å². The van der Waals surface area contributed by atoms with E-state index >= 15 is 4.39 Å². The van der Waals surface area contributed by atoms with E-state index in [0.29, 0.717) is 18.2 Å². The number of halogens is 1. The second kappa shape index (κ2) is 8.56. The summed E-state index contributed by atoms with van der Waals surface area (Å²) in [5.74, 6) is 1.02. The zero-order valence-corrected chi connectivity index (χ0v) is 17.3. The van der Waals surface area contributed by atoms with Gasteiger partial charge in [0.1, 0.15) is 18.2 Å². The lowest BCUT2D eigenvalue weighted by Gasteiger charge is -2.36. The van der Waals surface area contributed by atoms with Crippen molar-refractivity contribution < 1.29 is 18.6 Å². The lowest BCUT2D eigenvalue weighted by Crippen LogP contribution is -2.39. The summed E-state index contributed by atoms with van der Waals surface area (Å²) in [6.45, 7) is 4.13. The van der Waals surface area contributed by atoms with Gasteiger partial charge in [0.05, 0.1) is 5.69 Å². The maximum Gasteiger partial charge on any atom is 0.159 e. The lowest BCUT2D eigenvalue weighted by molar-refractivity contribution is -0.141. The average Bonchev–Trinajstić information content (AvgIpc) is 2.74. The second-order valence-corrected chi connectivity index (χ2v) is 7.76. The zero-order valence-electron chi connectivity index (χ0n) is 17.3. The summed E-state index contributed by atoms with van der Waals surface area (Å²) in [6.07, 6.45) is 3.67. The van der Waals surface area contributed by atoms with E-state index in [-0.39, 0.29) is 12.1 Å². The predicted octanol–water partition coefficient (Wildman–Crippen LogP) is 4.79. The van der Waals surface area contributed by atoms with Crippen molar-refractivity contribution in [3.05, 3.63) is 65.0 Å². The van der Waals surface area contributed by atoms with E-state index in [1.807, 2.05) is 37.3 Å². The molecule has 0 aromatic heterocycles. The van der Waals surface area contributed by atoms with E-state index in [4.69, 9.17) is 14.2 Å². The first-order valence-electron chi connectivity index (χ1n) is 10.1. The van der Waals surface area contributed by atoms with Crippen molar-refractivity contribution in [3.8, 4) is 5.75 Å². The summed E-state index contributed by atoms with van der Waals surface area (Å²) < 4.78 is 31.6. The van der Waals surface area contributed by atoms with Crippen molar-refractivity contribution in [2.75, 3.05) is 38.8 Å². The number of hydrogen-bond donors (Lipinski definition) is 0. The Hall–Kier alpha value is -2.37. The first kappa shape index (κ1) is 19.9. The number of benzene rings is 2. The summed E-state index contributed by atoms with van der Waals surface area (Å²) in [4.78, 5) is 2.12. The van der Waals surface area contributed by atoms with Crippen molar-refractivity contribution in [3.63, 3.8) is 0 Å². The fourth-order valence-corrected chi connectivity index (χ4v) is 4.39. The first-order chi connectivity index (χ1) is 14.1. The highest BCUT2D eigenvalue weighted by Crippen LogP contribution is 2.36. The molecular weight excluding hydrogens is 369 g/mol. The first-order valence-corrected chi connectivity index (χ1v) is 10.1. The van der Waals surface area contributed by atoms with Crippen molar-refractivity contribution in [2.45, 2.75) is 26.1 Å². The van der Waals surface area contributed by atoms with Crippen LogP contribution in [-0.4, -0.2) is 40.2 Å². The van der Waals surface area contributed by atoms with Gasteiger partial charge in [0, 0.05) is 38.8 Å². The molecule has 0 N–H and O–H groups in total. The lowest BCUT2D eigenvalue weighted by atomic mass is 9.93. The topological polar surface area (TPSA) is 30.9 Å². The number of aryl methyl sites for hydroxylation is 1. The van der Waals surface area contributed by atoms with E-state index in [9.17, 15) is 0 Å².